The van der Waals surface area contributed by atoms with Gasteiger partial charge in [-0.1, -0.05) is 36.8 Å². The Labute approximate surface area is 144 Å². The molecule has 0 bridgehead atoms. The molecule has 1 aliphatic carbocycles. The molecule has 0 radical (unpaired) electrons. The van der Waals surface area contributed by atoms with Crippen LogP contribution < -0.4 is 5.32 Å². The second-order valence-electron chi connectivity index (χ2n) is 5.75. The van der Waals surface area contributed by atoms with Crippen molar-refractivity contribution in [3.05, 3.63) is 40.8 Å². The number of carbonyl (C=O) groups excluding carboxylic acids is 1. The molecule has 1 aromatic heterocycles. The molecule has 0 unspecified atom stereocenters. The maximum Gasteiger partial charge on any atom is 0.348 e. The molecule has 0 aliphatic heterocycles. The van der Waals surface area contributed by atoms with E-state index >= 15 is 0 Å². The van der Waals surface area contributed by atoms with Crippen LogP contribution in [0.3, 0.4) is 0 Å². The van der Waals surface area contributed by atoms with Gasteiger partial charge in [-0.25, -0.2) is 4.79 Å². The molecule has 3 rings (SSSR count). The average molecular weight is 339 g/mol. The van der Waals surface area contributed by atoms with E-state index in [0.29, 0.717) is 18.0 Å². The molecular weight excluding hydrogens is 322 g/mol. The summed E-state index contributed by atoms with van der Waals surface area (Å²) in [5, 5.41) is 11.6. The van der Waals surface area contributed by atoms with Crippen molar-refractivity contribution in [2.24, 2.45) is 5.92 Å². The van der Waals surface area contributed by atoms with Gasteiger partial charge in [-0.05, 0) is 36.6 Å². The molecule has 4 nitrogen and oxygen atoms in total. The lowest BCUT2D eigenvalue weighted by molar-refractivity contribution is -0.105. The van der Waals surface area contributed by atoms with Gasteiger partial charge in [0.1, 0.15) is 4.88 Å². The summed E-state index contributed by atoms with van der Waals surface area (Å²) in [5.41, 5.74) is 2.20. The summed E-state index contributed by atoms with van der Waals surface area (Å²) in [6, 6.07) is 9.44. The molecule has 122 valence electrons. The van der Waals surface area contributed by atoms with Crippen LogP contribution in [0.2, 0.25) is 0 Å². The van der Waals surface area contributed by atoms with Gasteiger partial charge in [-0.15, -0.1) is 11.3 Å². The van der Waals surface area contributed by atoms with Crippen molar-refractivity contribution in [1.29, 1.82) is 0 Å². The van der Waals surface area contributed by atoms with E-state index in [4.69, 9.17) is 0 Å². The van der Waals surface area contributed by atoms with Crippen molar-refractivity contribution in [2.45, 2.75) is 25.7 Å². The van der Waals surface area contributed by atoms with Crippen LogP contribution in [0.1, 0.15) is 40.9 Å². The number of carboxylic acid groups (broad SMARTS) is 1. The maximum absolute atomic E-state index is 11.2. The SMILES string of the molecule is O=CNc1cc(-c2ccc(C#CC3CCCC3)cc2)sc1C(=O)O. The van der Waals surface area contributed by atoms with Crippen LogP contribution >= 0.6 is 11.3 Å². The Morgan fingerprint density at radius 2 is 1.96 bits per heavy atom. The van der Waals surface area contributed by atoms with Crippen molar-refractivity contribution < 1.29 is 14.7 Å². The zero-order valence-electron chi connectivity index (χ0n) is 13.0. The summed E-state index contributed by atoms with van der Waals surface area (Å²) in [7, 11) is 0. The van der Waals surface area contributed by atoms with Gasteiger partial charge in [0.05, 0.1) is 5.69 Å². The van der Waals surface area contributed by atoms with Crippen LogP contribution in [0.4, 0.5) is 5.69 Å². The molecule has 0 atom stereocenters. The molecule has 1 heterocycles. The van der Waals surface area contributed by atoms with Gasteiger partial charge < -0.3 is 10.4 Å². The van der Waals surface area contributed by atoms with E-state index in [-0.39, 0.29) is 4.88 Å². The van der Waals surface area contributed by atoms with E-state index in [1.165, 1.54) is 25.7 Å². The molecule has 1 amide bonds. The minimum absolute atomic E-state index is 0.127. The highest BCUT2D eigenvalue weighted by Gasteiger charge is 2.16. The normalized spacial score (nSPS) is 14.0. The molecule has 1 saturated carbocycles. The van der Waals surface area contributed by atoms with Crippen LogP contribution in [0.5, 0.6) is 0 Å². The predicted molar refractivity (Wildman–Crippen MR) is 95.2 cm³/mol. The van der Waals surface area contributed by atoms with Crippen molar-refractivity contribution >= 4 is 29.4 Å². The van der Waals surface area contributed by atoms with E-state index in [9.17, 15) is 14.7 Å². The Morgan fingerprint density at radius 1 is 1.25 bits per heavy atom. The number of hydrogen-bond donors (Lipinski definition) is 2. The summed E-state index contributed by atoms with van der Waals surface area (Å²) in [6.45, 7) is 0. The molecule has 0 saturated heterocycles. The number of thiophene rings is 1. The van der Waals surface area contributed by atoms with Crippen molar-refractivity contribution in [2.75, 3.05) is 5.32 Å². The zero-order chi connectivity index (χ0) is 16.9. The Morgan fingerprint density at radius 3 is 2.58 bits per heavy atom. The van der Waals surface area contributed by atoms with E-state index in [1.807, 2.05) is 24.3 Å². The first-order chi connectivity index (χ1) is 11.7. The molecule has 1 aliphatic rings. The van der Waals surface area contributed by atoms with Crippen LogP contribution in [0, 0.1) is 17.8 Å². The second-order valence-corrected chi connectivity index (χ2v) is 6.80. The molecule has 24 heavy (non-hydrogen) atoms. The Bertz CT molecular complexity index is 805. The number of carbonyl (C=O) groups is 2. The highest BCUT2D eigenvalue weighted by atomic mass is 32.1. The number of benzene rings is 1. The molecule has 1 fully saturated rings. The minimum atomic E-state index is -1.05. The highest BCUT2D eigenvalue weighted by Crippen LogP contribution is 2.34. The topological polar surface area (TPSA) is 66.4 Å². The standard InChI is InChI=1S/C19H17NO3S/c21-12-20-16-11-17(24-18(16)19(22)23)15-9-7-14(8-10-15)6-5-13-3-1-2-4-13/h7-13H,1-4H2,(H,20,21)(H,22,23). The number of aromatic carboxylic acids is 1. The maximum atomic E-state index is 11.2. The van der Waals surface area contributed by atoms with Crippen molar-refractivity contribution in [3.8, 4) is 22.3 Å². The third-order valence-corrected chi connectivity index (χ3v) is 5.26. The Hall–Kier alpha value is -2.58. The first kappa shape index (κ1) is 16.3. The van der Waals surface area contributed by atoms with Crippen LogP contribution in [0.25, 0.3) is 10.4 Å². The summed E-state index contributed by atoms with van der Waals surface area (Å²) < 4.78 is 0. The number of anilines is 1. The fourth-order valence-corrected chi connectivity index (χ4v) is 3.80. The number of amides is 1. The Kier molecular flexibility index (Phi) is 4.97. The number of hydrogen-bond acceptors (Lipinski definition) is 3. The Balaban J connectivity index is 1.81. The van der Waals surface area contributed by atoms with E-state index < -0.39 is 5.97 Å². The quantitative estimate of drug-likeness (QED) is 0.647. The first-order valence-corrected chi connectivity index (χ1v) is 8.68. The molecular formula is C19H17NO3S. The second kappa shape index (κ2) is 7.33. The average Bonchev–Trinajstić information content (AvgIpc) is 3.23. The minimum Gasteiger partial charge on any atom is -0.477 e. The van der Waals surface area contributed by atoms with Gasteiger partial charge in [0.15, 0.2) is 0 Å². The highest BCUT2D eigenvalue weighted by molar-refractivity contribution is 7.18. The van der Waals surface area contributed by atoms with Gasteiger partial charge in [0.2, 0.25) is 6.41 Å². The molecule has 0 spiro atoms. The smallest absolute Gasteiger partial charge is 0.348 e. The summed E-state index contributed by atoms with van der Waals surface area (Å²) in [4.78, 5) is 22.8. The molecule has 1 aromatic carbocycles. The molecule has 5 heteroatoms. The zero-order valence-corrected chi connectivity index (χ0v) is 13.9. The third-order valence-electron chi connectivity index (χ3n) is 4.09. The van der Waals surface area contributed by atoms with E-state index in [0.717, 1.165) is 27.3 Å². The van der Waals surface area contributed by atoms with Crippen LogP contribution in [0.15, 0.2) is 30.3 Å². The van der Waals surface area contributed by atoms with Gasteiger partial charge in [-0.3, -0.25) is 4.79 Å². The van der Waals surface area contributed by atoms with E-state index in [2.05, 4.69) is 17.2 Å². The first-order valence-electron chi connectivity index (χ1n) is 7.86. The largest absolute Gasteiger partial charge is 0.477 e. The van der Waals surface area contributed by atoms with Crippen LogP contribution in [-0.4, -0.2) is 17.5 Å². The van der Waals surface area contributed by atoms with E-state index in [1.54, 1.807) is 6.07 Å². The van der Waals surface area contributed by atoms with Gasteiger partial charge in [0.25, 0.3) is 0 Å². The molecule has 2 N–H and O–H groups in total. The summed E-state index contributed by atoms with van der Waals surface area (Å²) >= 11 is 1.14. The number of rotatable bonds is 4. The lowest BCUT2D eigenvalue weighted by Gasteiger charge is -1.98. The van der Waals surface area contributed by atoms with Gasteiger partial charge in [0, 0.05) is 16.4 Å². The lowest BCUT2D eigenvalue weighted by atomic mass is 10.1. The lowest BCUT2D eigenvalue weighted by Crippen LogP contribution is -2.00. The predicted octanol–water partition coefficient (Wildman–Crippen LogP) is 4.22. The summed E-state index contributed by atoms with van der Waals surface area (Å²) in [5.74, 6) is 6.03. The monoisotopic (exact) mass is 339 g/mol. The third kappa shape index (κ3) is 3.66. The fraction of sp³-hybridized carbons (Fsp3) is 0.263. The van der Waals surface area contributed by atoms with Crippen molar-refractivity contribution in [3.63, 3.8) is 0 Å². The fourth-order valence-electron chi connectivity index (χ4n) is 2.84. The summed E-state index contributed by atoms with van der Waals surface area (Å²) in [6.07, 6.45) is 5.44. The number of carboxylic acids is 1. The van der Waals surface area contributed by atoms with Gasteiger partial charge in [-0.2, -0.15) is 0 Å². The number of nitrogens with one attached hydrogen (secondary N) is 1. The molecule has 2 aromatic rings. The van der Waals surface area contributed by atoms with Crippen LogP contribution in [-0.2, 0) is 4.79 Å². The van der Waals surface area contributed by atoms with Gasteiger partial charge >= 0.3 is 5.97 Å². The van der Waals surface area contributed by atoms with Crippen molar-refractivity contribution in [1.82, 2.24) is 0 Å².